The van der Waals surface area contributed by atoms with Crippen molar-refractivity contribution in [2.24, 2.45) is 5.14 Å². The van der Waals surface area contributed by atoms with Crippen molar-refractivity contribution in [3.05, 3.63) is 29.6 Å². The van der Waals surface area contributed by atoms with E-state index in [1.165, 1.54) is 7.11 Å². The number of sulfonamides is 1. The van der Waals surface area contributed by atoms with Crippen LogP contribution in [0.25, 0.3) is 0 Å². The van der Waals surface area contributed by atoms with Crippen molar-refractivity contribution in [3.8, 4) is 0 Å². The largest absolute Gasteiger partial charge is 0.462 e. The normalized spacial score (nSPS) is 12.2. The zero-order valence-electron chi connectivity index (χ0n) is 12.1. The van der Waals surface area contributed by atoms with Gasteiger partial charge >= 0.3 is 5.97 Å². The smallest absolute Gasteiger partial charge is 0.338 e. The van der Waals surface area contributed by atoms with Gasteiger partial charge in [0, 0.05) is 13.5 Å². The molecular weight excluding hydrogens is 301 g/mol. The van der Waals surface area contributed by atoms with Gasteiger partial charge < -0.3 is 9.47 Å². The number of rotatable bonds is 6. The Morgan fingerprint density at radius 2 is 1.95 bits per heavy atom. The lowest BCUT2D eigenvalue weighted by atomic mass is 10.1. The van der Waals surface area contributed by atoms with Gasteiger partial charge in [-0.3, -0.25) is 0 Å². The van der Waals surface area contributed by atoms with Crippen LogP contribution in [0, 0.1) is 5.82 Å². The minimum atomic E-state index is -4.10. The first-order chi connectivity index (χ1) is 9.55. The maximum absolute atomic E-state index is 13.3. The summed E-state index contributed by atoms with van der Waals surface area (Å²) < 4.78 is 45.8. The van der Waals surface area contributed by atoms with E-state index in [2.05, 4.69) is 0 Å². The quantitative estimate of drug-likeness (QED) is 0.801. The average molecular weight is 319 g/mol. The first-order valence-corrected chi connectivity index (χ1v) is 7.65. The second-order valence-electron chi connectivity index (χ2n) is 5.07. The van der Waals surface area contributed by atoms with Gasteiger partial charge in [-0.1, -0.05) is 0 Å². The van der Waals surface area contributed by atoms with Crippen LogP contribution in [-0.4, -0.2) is 33.7 Å². The van der Waals surface area contributed by atoms with Crippen molar-refractivity contribution < 1.29 is 27.1 Å². The number of primary sulfonamides is 1. The molecule has 8 heteroatoms. The van der Waals surface area contributed by atoms with E-state index in [1.54, 1.807) is 0 Å². The van der Waals surface area contributed by atoms with E-state index in [1.807, 2.05) is 13.8 Å². The van der Waals surface area contributed by atoms with Gasteiger partial charge in [0.1, 0.15) is 5.82 Å². The molecule has 0 aromatic heterocycles. The van der Waals surface area contributed by atoms with E-state index in [-0.39, 0.29) is 12.2 Å². The molecule has 1 rings (SSSR count). The molecule has 0 aliphatic heterocycles. The summed E-state index contributed by atoms with van der Waals surface area (Å²) in [5, 5.41) is 4.91. The molecule has 0 spiro atoms. The Balaban J connectivity index is 2.82. The van der Waals surface area contributed by atoms with Gasteiger partial charge in [-0.2, -0.15) is 0 Å². The highest BCUT2D eigenvalue weighted by molar-refractivity contribution is 7.89. The predicted octanol–water partition coefficient (Wildman–Crippen LogP) is 1.45. The van der Waals surface area contributed by atoms with Crippen LogP contribution in [0.15, 0.2) is 23.1 Å². The molecular formula is C13H18FNO5S. The van der Waals surface area contributed by atoms with Gasteiger partial charge in [0.25, 0.3) is 0 Å². The number of nitrogens with two attached hydrogens (primary N) is 1. The Morgan fingerprint density at radius 1 is 1.33 bits per heavy atom. The van der Waals surface area contributed by atoms with Crippen LogP contribution >= 0.6 is 0 Å². The van der Waals surface area contributed by atoms with Crippen molar-refractivity contribution in [3.63, 3.8) is 0 Å². The summed E-state index contributed by atoms with van der Waals surface area (Å²) in [5.41, 5.74) is -0.678. The lowest BCUT2D eigenvalue weighted by molar-refractivity contribution is -0.00565. The molecule has 118 valence electrons. The van der Waals surface area contributed by atoms with Crippen molar-refractivity contribution in [1.82, 2.24) is 0 Å². The van der Waals surface area contributed by atoms with Gasteiger partial charge in [0.15, 0.2) is 0 Å². The average Bonchev–Trinajstić information content (AvgIpc) is 2.36. The summed E-state index contributed by atoms with van der Waals surface area (Å²) in [4.78, 5) is 11.3. The van der Waals surface area contributed by atoms with E-state index in [0.717, 1.165) is 18.2 Å². The second kappa shape index (κ2) is 6.50. The molecule has 0 amide bonds. The molecule has 0 aliphatic carbocycles. The number of ether oxygens (including phenoxy) is 2. The third kappa shape index (κ3) is 5.41. The maximum Gasteiger partial charge on any atom is 0.338 e. The predicted molar refractivity (Wildman–Crippen MR) is 73.8 cm³/mol. The van der Waals surface area contributed by atoms with Crippen LogP contribution < -0.4 is 5.14 Å². The lowest BCUT2D eigenvalue weighted by Crippen LogP contribution is -2.25. The molecule has 0 saturated heterocycles. The standard InChI is InChI=1S/C13H18FNO5S/c1-13(2,19-3)4-5-20-12(16)9-6-10(14)8-11(7-9)21(15,17)18/h6-8H,4-5H2,1-3H3,(H2,15,17,18). The summed E-state index contributed by atoms with van der Waals surface area (Å²) in [5.74, 6) is -1.71. The van der Waals surface area contributed by atoms with Gasteiger partial charge in [-0.15, -0.1) is 0 Å². The number of carbonyl (C=O) groups excluding carboxylic acids is 1. The van der Waals surface area contributed by atoms with E-state index in [0.29, 0.717) is 6.42 Å². The topological polar surface area (TPSA) is 95.7 Å². The summed E-state index contributed by atoms with van der Waals surface area (Å²) in [6.07, 6.45) is 0.437. The van der Waals surface area contributed by atoms with Crippen molar-refractivity contribution in [2.45, 2.75) is 30.8 Å². The highest BCUT2D eigenvalue weighted by atomic mass is 32.2. The first kappa shape index (κ1) is 17.5. The van der Waals surface area contributed by atoms with Crippen LogP contribution in [0.1, 0.15) is 30.6 Å². The van der Waals surface area contributed by atoms with Crippen LogP contribution in [-0.2, 0) is 19.5 Å². The second-order valence-corrected chi connectivity index (χ2v) is 6.63. The fourth-order valence-electron chi connectivity index (χ4n) is 1.42. The Kier molecular flexibility index (Phi) is 5.43. The number of esters is 1. The lowest BCUT2D eigenvalue weighted by Gasteiger charge is -2.22. The molecule has 0 fully saturated rings. The van der Waals surface area contributed by atoms with Crippen LogP contribution in [0.5, 0.6) is 0 Å². The van der Waals surface area contributed by atoms with Gasteiger partial charge in [-0.25, -0.2) is 22.7 Å². The molecule has 0 bridgehead atoms. The minimum Gasteiger partial charge on any atom is -0.462 e. The fourth-order valence-corrected chi connectivity index (χ4v) is 1.99. The van der Waals surface area contributed by atoms with Gasteiger partial charge in [0.2, 0.25) is 10.0 Å². The SMILES string of the molecule is COC(C)(C)CCOC(=O)c1cc(F)cc(S(N)(=O)=O)c1. The number of benzene rings is 1. The first-order valence-electron chi connectivity index (χ1n) is 6.11. The van der Waals surface area contributed by atoms with E-state index < -0.39 is 32.3 Å². The van der Waals surface area contributed by atoms with Crippen LogP contribution in [0.2, 0.25) is 0 Å². The van der Waals surface area contributed by atoms with Crippen molar-refractivity contribution >= 4 is 16.0 Å². The minimum absolute atomic E-state index is 0.0564. The molecule has 21 heavy (non-hydrogen) atoms. The summed E-state index contributed by atoms with van der Waals surface area (Å²) in [6, 6.07) is 2.60. The Bertz CT molecular complexity index is 627. The van der Waals surface area contributed by atoms with E-state index >= 15 is 0 Å². The summed E-state index contributed by atoms with van der Waals surface area (Å²) in [7, 11) is -2.56. The zero-order valence-corrected chi connectivity index (χ0v) is 12.9. The number of halogens is 1. The fraction of sp³-hybridized carbons (Fsp3) is 0.462. The number of hydrogen-bond donors (Lipinski definition) is 1. The van der Waals surface area contributed by atoms with Gasteiger partial charge in [0.05, 0.1) is 22.7 Å². The van der Waals surface area contributed by atoms with Crippen LogP contribution in [0.3, 0.4) is 0 Å². The van der Waals surface area contributed by atoms with Crippen LogP contribution in [0.4, 0.5) is 4.39 Å². The molecule has 0 atom stereocenters. The van der Waals surface area contributed by atoms with Gasteiger partial charge in [-0.05, 0) is 32.0 Å². The third-order valence-electron chi connectivity index (χ3n) is 2.93. The molecule has 0 unspecified atom stereocenters. The number of carbonyl (C=O) groups is 1. The molecule has 1 aromatic carbocycles. The molecule has 1 aromatic rings. The van der Waals surface area contributed by atoms with Crippen molar-refractivity contribution in [2.75, 3.05) is 13.7 Å². The molecule has 0 radical (unpaired) electrons. The van der Waals surface area contributed by atoms with E-state index in [4.69, 9.17) is 14.6 Å². The maximum atomic E-state index is 13.3. The summed E-state index contributed by atoms with van der Waals surface area (Å²) in [6.45, 7) is 3.70. The van der Waals surface area contributed by atoms with Crippen molar-refractivity contribution in [1.29, 1.82) is 0 Å². The third-order valence-corrected chi connectivity index (χ3v) is 3.82. The van der Waals surface area contributed by atoms with E-state index in [9.17, 15) is 17.6 Å². The summed E-state index contributed by atoms with van der Waals surface area (Å²) >= 11 is 0. The Labute approximate surface area is 123 Å². The Hall–Kier alpha value is -1.51. The monoisotopic (exact) mass is 319 g/mol. The zero-order chi connectivity index (χ0) is 16.3. The highest BCUT2D eigenvalue weighted by Crippen LogP contribution is 2.16. The highest BCUT2D eigenvalue weighted by Gasteiger charge is 2.19. The molecule has 0 saturated carbocycles. The number of methoxy groups -OCH3 is 1. The molecule has 6 nitrogen and oxygen atoms in total. The molecule has 0 heterocycles. The molecule has 2 N–H and O–H groups in total. The Morgan fingerprint density at radius 3 is 2.48 bits per heavy atom. The molecule has 0 aliphatic rings. The number of hydrogen-bond acceptors (Lipinski definition) is 5.